The predicted octanol–water partition coefficient (Wildman–Crippen LogP) is 4.19. The van der Waals surface area contributed by atoms with Crippen molar-refractivity contribution in [3.05, 3.63) is 46.5 Å². The minimum absolute atomic E-state index is 0.133. The molecule has 1 aromatic carbocycles. The van der Waals surface area contributed by atoms with Gasteiger partial charge in [0.15, 0.2) is 0 Å². The molecule has 3 nitrogen and oxygen atoms in total. The van der Waals surface area contributed by atoms with E-state index in [9.17, 15) is 10.1 Å². The number of rotatable bonds is 6. The summed E-state index contributed by atoms with van der Waals surface area (Å²) in [4.78, 5) is 10.2. The molecule has 86 valence electrons. The SMILES string of the molecule is C=C(CCCCC)c1cccc([N+](=O)[O-])c1. The molecule has 0 atom stereocenters. The lowest BCUT2D eigenvalue weighted by Gasteiger charge is -2.05. The number of benzene rings is 1. The fraction of sp³-hybridized carbons (Fsp3) is 0.385. The van der Waals surface area contributed by atoms with E-state index in [-0.39, 0.29) is 10.6 Å². The van der Waals surface area contributed by atoms with Crippen molar-refractivity contribution in [2.45, 2.75) is 32.6 Å². The fourth-order valence-electron chi connectivity index (χ4n) is 1.57. The third kappa shape index (κ3) is 3.50. The van der Waals surface area contributed by atoms with Crippen LogP contribution in [0.1, 0.15) is 38.2 Å². The summed E-state index contributed by atoms with van der Waals surface area (Å²) in [6.07, 6.45) is 4.35. The number of hydrogen-bond donors (Lipinski definition) is 0. The van der Waals surface area contributed by atoms with Gasteiger partial charge in [0.2, 0.25) is 0 Å². The van der Waals surface area contributed by atoms with E-state index in [1.165, 1.54) is 18.9 Å². The van der Waals surface area contributed by atoms with Gasteiger partial charge in [-0.2, -0.15) is 0 Å². The number of nitrogens with zero attached hydrogens (tertiary/aromatic N) is 1. The molecule has 0 saturated carbocycles. The van der Waals surface area contributed by atoms with Crippen molar-refractivity contribution >= 4 is 11.3 Å². The summed E-state index contributed by atoms with van der Waals surface area (Å²) in [5.74, 6) is 0. The van der Waals surface area contributed by atoms with Gasteiger partial charge in [-0.15, -0.1) is 0 Å². The Morgan fingerprint density at radius 1 is 1.44 bits per heavy atom. The zero-order chi connectivity index (χ0) is 12.0. The van der Waals surface area contributed by atoms with Gasteiger partial charge in [-0.1, -0.05) is 38.5 Å². The molecular formula is C13H17NO2. The van der Waals surface area contributed by atoms with Gasteiger partial charge in [0.25, 0.3) is 5.69 Å². The molecule has 1 aromatic rings. The molecule has 1 rings (SSSR count). The van der Waals surface area contributed by atoms with Crippen molar-refractivity contribution in [3.8, 4) is 0 Å². The van der Waals surface area contributed by atoms with Crippen LogP contribution in [-0.4, -0.2) is 4.92 Å². The smallest absolute Gasteiger partial charge is 0.258 e. The average Bonchev–Trinajstić information content (AvgIpc) is 2.29. The molecule has 0 unspecified atom stereocenters. The van der Waals surface area contributed by atoms with E-state index in [0.29, 0.717) is 0 Å². The highest BCUT2D eigenvalue weighted by molar-refractivity contribution is 5.65. The molecule has 0 saturated heterocycles. The second-order valence-corrected chi connectivity index (χ2v) is 3.87. The topological polar surface area (TPSA) is 43.1 Å². The van der Waals surface area contributed by atoms with Crippen LogP contribution in [0.5, 0.6) is 0 Å². The highest BCUT2D eigenvalue weighted by atomic mass is 16.6. The molecule has 0 heterocycles. The molecule has 0 aliphatic heterocycles. The van der Waals surface area contributed by atoms with E-state index in [1.807, 2.05) is 6.07 Å². The number of hydrogen-bond acceptors (Lipinski definition) is 2. The normalized spacial score (nSPS) is 10.1. The van der Waals surface area contributed by atoms with Crippen molar-refractivity contribution in [2.75, 3.05) is 0 Å². The molecule has 0 aliphatic rings. The minimum Gasteiger partial charge on any atom is -0.258 e. The van der Waals surface area contributed by atoms with Gasteiger partial charge in [0.05, 0.1) is 4.92 Å². The molecule has 16 heavy (non-hydrogen) atoms. The largest absolute Gasteiger partial charge is 0.270 e. The van der Waals surface area contributed by atoms with Gasteiger partial charge in [0, 0.05) is 12.1 Å². The Hall–Kier alpha value is -1.64. The molecule has 3 heteroatoms. The highest BCUT2D eigenvalue weighted by Gasteiger charge is 2.07. The summed E-state index contributed by atoms with van der Waals surface area (Å²) >= 11 is 0. The lowest BCUT2D eigenvalue weighted by Crippen LogP contribution is -1.90. The van der Waals surface area contributed by atoms with Crippen LogP contribution in [0.4, 0.5) is 5.69 Å². The lowest BCUT2D eigenvalue weighted by atomic mass is 10.0. The Labute approximate surface area is 95.9 Å². The first-order valence-electron chi connectivity index (χ1n) is 5.57. The fourth-order valence-corrected chi connectivity index (χ4v) is 1.57. The Morgan fingerprint density at radius 3 is 2.81 bits per heavy atom. The summed E-state index contributed by atoms with van der Waals surface area (Å²) < 4.78 is 0. The standard InChI is InChI=1S/C13H17NO2/c1-3-4-5-7-11(2)12-8-6-9-13(10-12)14(15)16/h6,8-10H,2-5,7H2,1H3. The predicted molar refractivity (Wildman–Crippen MR) is 66.3 cm³/mol. The van der Waals surface area contributed by atoms with Gasteiger partial charge in [-0.05, 0) is 24.0 Å². The van der Waals surface area contributed by atoms with Crippen molar-refractivity contribution in [1.29, 1.82) is 0 Å². The molecule has 0 spiro atoms. The quantitative estimate of drug-likeness (QED) is 0.409. The summed E-state index contributed by atoms with van der Waals surface area (Å²) in [7, 11) is 0. The van der Waals surface area contributed by atoms with Crippen molar-refractivity contribution in [2.24, 2.45) is 0 Å². The number of unbranched alkanes of at least 4 members (excludes halogenated alkanes) is 2. The highest BCUT2D eigenvalue weighted by Crippen LogP contribution is 2.22. The van der Waals surface area contributed by atoms with Crippen molar-refractivity contribution in [1.82, 2.24) is 0 Å². The molecule has 0 amide bonds. The maximum absolute atomic E-state index is 10.6. The van der Waals surface area contributed by atoms with E-state index in [0.717, 1.165) is 24.0 Å². The average molecular weight is 219 g/mol. The third-order valence-electron chi connectivity index (χ3n) is 2.55. The van der Waals surface area contributed by atoms with E-state index in [1.54, 1.807) is 12.1 Å². The molecule has 0 radical (unpaired) electrons. The number of non-ortho nitro benzene ring substituents is 1. The number of nitro benzene ring substituents is 1. The Kier molecular flexibility index (Phi) is 4.70. The van der Waals surface area contributed by atoms with E-state index >= 15 is 0 Å². The van der Waals surface area contributed by atoms with Crippen LogP contribution in [-0.2, 0) is 0 Å². The Balaban J connectivity index is 2.68. The maximum atomic E-state index is 10.6. The van der Waals surface area contributed by atoms with Crippen LogP contribution in [0.3, 0.4) is 0 Å². The summed E-state index contributed by atoms with van der Waals surface area (Å²) in [5.41, 5.74) is 2.00. The number of allylic oxidation sites excluding steroid dienone is 1. The molecule has 0 aromatic heterocycles. The molecule has 0 aliphatic carbocycles. The van der Waals surface area contributed by atoms with E-state index in [2.05, 4.69) is 13.5 Å². The Bertz CT molecular complexity index is 385. The first kappa shape index (κ1) is 12.4. The van der Waals surface area contributed by atoms with Crippen molar-refractivity contribution in [3.63, 3.8) is 0 Å². The zero-order valence-corrected chi connectivity index (χ0v) is 9.61. The monoisotopic (exact) mass is 219 g/mol. The molecule has 0 N–H and O–H groups in total. The van der Waals surface area contributed by atoms with Gasteiger partial charge in [-0.25, -0.2) is 0 Å². The van der Waals surface area contributed by atoms with Crippen LogP contribution in [0.25, 0.3) is 5.57 Å². The molecule has 0 bridgehead atoms. The summed E-state index contributed by atoms with van der Waals surface area (Å²) in [6, 6.07) is 6.68. The van der Waals surface area contributed by atoms with E-state index < -0.39 is 0 Å². The van der Waals surface area contributed by atoms with Crippen LogP contribution in [0.15, 0.2) is 30.8 Å². The molecular weight excluding hydrogens is 202 g/mol. The second-order valence-electron chi connectivity index (χ2n) is 3.87. The van der Waals surface area contributed by atoms with Gasteiger partial charge >= 0.3 is 0 Å². The minimum atomic E-state index is -0.372. The summed E-state index contributed by atoms with van der Waals surface area (Å²) in [5, 5.41) is 10.6. The van der Waals surface area contributed by atoms with Crippen LogP contribution in [0, 0.1) is 10.1 Å². The van der Waals surface area contributed by atoms with Crippen LogP contribution >= 0.6 is 0 Å². The zero-order valence-electron chi connectivity index (χ0n) is 9.61. The Morgan fingerprint density at radius 2 is 2.19 bits per heavy atom. The lowest BCUT2D eigenvalue weighted by molar-refractivity contribution is -0.384. The third-order valence-corrected chi connectivity index (χ3v) is 2.55. The van der Waals surface area contributed by atoms with Gasteiger partial charge < -0.3 is 0 Å². The second kappa shape index (κ2) is 6.05. The first-order valence-corrected chi connectivity index (χ1v) is 5.57. The maximum Gasteiger partial charge on any atom is 0.270 e. The van der Waals surface area contributed by atoms with Gasteiger partial charge in [0.1, 0.15) is 0 Å². The van der Waals surface area contributed by atoms with E-state index in [4.69, 9.17) is 0 Å². The number of nitro groups is 1. The first-order chi connectivity index (χ1) is 7.65. The summed E-state index contributed by atoms with van der Waals surface area (Å²) in [6.45, 7) is 6.12. The van der Waals surface area contributed by atoms with Crippen LogP contribution in [0.2, 0.25) is 0 Å². The van der Waals surface area contributed by atoms with Gasteiger partial charge in [-0.3, -0.25) is 10.1 Å². The van der Waals surface area contributed by atoms with Crippen molar-refractivity contribution < 1.29 is 4.92 Å². The van der Waals surface area contributed by atoms with Crippen LogP contribution < -0.4 is 0 Å². The molecule has 0 fully saturated rings.